The van der Waals surface area contributed by atoms with Crippen LogP contribution in [-0.2, 0) is 0 Å². The molecule has 7 heteroatoms. The second-order valence-electron chi connectivity index (χ2n) is 8.93. The molecule has 0 amide bonds. The number of likely N-dealkylation sites (tertiary alicyclic amines) is 1. The van der Waals surface area contributed by atoms with Gasteiger partial charge in [0.2, 0.25) is 0 Å². The molecule has 0 saturated carbocycles. The second-order valence-corrected chi connectivity index (χ2v) is 8.93. The van der Waals surface area contributed by atoms with Gasteiger partial charge in [-0.05, 0) is 97.5 Å². The van der Waals surface area contributed by atoms with Crippen molar-refractivity contribution in [2.24, 2.45) is 0 Å². The van der Waals surface area contributed by atoms with Crippen molar-refractivity contribution in [3.63, 3.8) is 0 Å². The van der Waals surface area contributed by atoms with E-state index in [4.69, 9.17) is 9.47 Å². The van der Waals surface area contributed by atoms with E-state index >= 15 is 0 Å². The number of nitrogens with zero attached hydrogens (tertiary/aromatic N) is 1. The third kappa shape index (κ3) is 5.26. The van der Waals surface area contributed by atoms with Crippen molar-refractivity contribution in [2.75, 3.05) is 26.2 Å². The molecule has 36 heavy (non-hydrogen) atoms. The molecular formula is C29H26F3NO3. The van der Waals surface area contributed by atoms with E-state index in [1.165, 1.54) is 25.3 Å². The summed E-state index contributed by atoms with van der Waals surface area (Å²) in [6.45, 7) is 3.71. The van der Waals surface area contributed by atoms with Gasteiger partial charge >= 0.3 is 0 Å². The molecule has 0 aliphatic carbocycles. The quantitative estimate of drug-likeness (QED) is 0.275. The third-order valence-corrected chi connectivity index (χ3v) is 6.42. The molecule has 186 valence electrons. The summed E-state index contributed by atoms with van der Waals surface area (Å²) in [4.78, 5) is 2.40. The number of piperidine rings is 1. The van der Waals surface area contributed by atoms with Crippen molar-refractivity contribution >= 4 is 10.8 Å². The Labute approximate surface area is 207 Å². The van der Waals surface area contributed by atoms with Gasteiger partial charge in [0, 0.05) is 17.5 Å². The SMILES string of the molecule is Oc1ccc2c(Oc3ccc(OCCN4CCCCC4)cc3)c(-c3cc(F)c(F)c(F)c3)ccc2c1. The Bertz CT molecular complexity index is 1350. The number of hydrogen-bond acceptors (Lipinski definition) is 4. The van der Waals surface area contributed by atoms with Gasteiger partial charge in [-0.15, -0.1) is 0 Å². The predicted octanol–water partition coefficient (Wildman–Crippen LogP) is 7.29. The van der Waals surface area contributed by atoms with Crippen LogP contribution in [0.25, 0.3) is 21.9 Å². The van der Waals surface area contributed by atoms with E-state index in [0.29, 0.717) is 40.2 Å². The Morgan fingerprint density at radius 1 is 0.778 bits per heavy atom. The van der Waals surface area contributed by atoms with Crippen molar-refractivity contribution < 1.29 is 27.8 Å². The lowest BCUT2D eigenvalue weighted by Crippen LogP contribution is -2.33. The van der Waals surface area contributed by atoms with Gasteiger partial charge in [-0.2, -0.15) is 0 Å². The summed E-state index contributed by atoms with van der Waals surface area (Å²) in [5.41, 5.74) is 0.516. The molecule has 5 rings (SSSR count). The summed E-state index contributed by atoms with van der Waals surface area (Å²) in [6.07, 6.45) is 3.77. The molecule has 4 aromatic carbocycles. The van der Waals surface area contributed by atoms with E-state index in [-0.39, 0.29) is 11.3 Å². The molecule has 4 nitrogen and oxygen atoms in total. The third-order valence-electron chi connectivity index (χ3n) is 6.42. The van der Waals surface area contributed by atoms with E-state index < -0.39 is 17.5 Å². The molecular weight excluding hydrogens is 467 g/mol. The van der Waals surface area contributed by atoms with Crippen LogP contribution in [0.5, 0.6) is 23.0 Å². The number of benzene rings is 4. The first kappa shape index (κ1) is 24.0. The molecule has 0 aromatic heterocycles. The molecule has 1 aliphatic heterocycles. The minimum absolute atomic E-state index is 0.0751. The van der Waals surface area contributed by atoms with Gasteiger partial charge in [0.25, 0.3) is 0 Å². The number of halogens is 3. The first-order valence-corrected chi connectivity index (χ1v) is 12.0. The number of fused-ring (bicyclic) bond motifs is 1. The maximum absolute atomic E-state index is 14.0. The lowest BCUT2D eigenvalue weighted by atomic mass is 9.99. The monoisotopic (exact) mass is 493 g/mol. The number of rotatable bonds is 7. The minimum Gasteiger partial charge on any atom is -0.508 e. The highest BCUT2D eigenvalue weighted by atomic mass is 19.2. The molecule has 4 aromatic rings. The Morgan fingerprint density at radius 3 is 2.19 bits per heavy atom. The molecule has 0 bridgehead atoms. The maximum Gasteiger partial charge on any atom is 0.194 e. The van der Waals surface area contributed by atoms with Gasteiger partial charge < -0.3 is 14.6 Å². The van der Waals surface area contributed by atoms with Gasteiger partial charge in [0.15, 0.2) is 17.5 Å². The fraction of sp³-hybridized carbons (Fsp3) is 0.241. The van der Waals surface area contributed by atoms with Crippen molar-refractivity contribution in [3.8, 4) is 34.1 Å². The largest absolute Gasteiger partial charge is 0.508 e. The number of phenols is 1. The lowest BCUT2D eigenvalue weighted by Gasteiger charge is -2.26. The van der Waals surface area contributed by atoms with Crippen LogP contribution in [0.15, 0.2) is 66.7 Å². The number of hydrogen-bond donors (Lipinski definition) is 1. The Kier molecular flexibility index (Phi) is 7.00. The highest BCUT2D eigenvalue weighted by Crippen LogP contribution is 2.41. The van der Waals surface area contributed by atoms with Crippen LogP contribution >= 0.6 is 0 Å². The lowest BCUT2D eigenvalue weighted by molar-refractivity contribution is 0.183. The zero-order valence-electron chi connectivity index (χ0n) is 19.6. The van der Waals surface area contributed by atoms with Crippen molar-refractivity contribution in [2.45, 2.75) is 19.3 Å². The van der Waals surface area contributed by atoms with Gasteiger partial charge in [0.1, 0.15) is 29.6 Å². The fourth-order valence-electron chi connectivity index (χ4n) is 4.53. The molecule has 0 spiro atoms. The van der Waals surface area contributed by atoms with Crippen LogP contribution in [0, 0.1) is 17.5 Å². The first-order valence-electron chi connectivity index (χ1n) is 12.0. The van der Waals surface area contributed by atoms with Crippen molar-refractivity contribution in [1.82, 2.24) is 4.90 Å². The second kappa shape index (κ2) is 10.5. The Balaban J connectivity index is 1.41. The summed E-state index contributed by atoms with van der Waals surface area (Å²) >= 11 is 0. The van der Waals surface area contributed by atoms with E-state index in [9.17, 15) is 18.3 Å². The van der Waals surface area contributed by atoms with E-state index in [1.807, 2.05) is 0 Å². The molecule has 0 radical (unpaired) electrons. The molecule has 1 heterocycles. The number of ether oxygens (including phenoxy) is 2. The van der Waals surface area contributed by atoms with Crippen molar-refractivity contribution in [3.05, 3.63) is 84.2 Å². The highest BCUT2D eigenvalue weighted by Gasteiger charge is 2.17. The maximum atomic E-state index is 14.0. The highest BCUT2D eigenvalue weighted by molar-refractivity contribution is 5.96. The zero-order chi connectivity index (χ0) is 25.1. The van der Waals surface area contributed by atoms with E-state index in [0.717, 1.165) is 31.8 Å². The van der Waals surface area contributed by atoms with Crippen LogP contribution in [0.2, 0.25) is 0 Å². The van der Waals surface area contributed by atoms with Crippen LogP contribution < -0.4 is 9.47 Å². The normalized spacial score (nSPS) is 14.2. The molecule has 0 atom stereocenters. The van der Waals surface area contributed by atoms with E-state index in [2.05, 4.69) is 4.90 Å². The molecule has 1 aliphatic rings. The average molecular weight is 494 g/mol. The minimum atomic E-state index is -1.53. The number of aromatic hydroxyl groups is 1. The average Bonchev–Trinajstić information content (AvgIpc) is 2.88. The van der Waals surface area contributed by atoms with Crippen LogP contribution in [0.4, 0.5) is 13.2 Å². The molecule has 0 unspecified atom stereocenters. The number of phenolic OH excluding ortho intramolecular Hbond substituents is 1. The zero-order valence-corrected chi connectivity index (χ0v) is 19.6. The summed E-state index contributed by atoms with van der Waals surface area (Å²) in [5.74, 6) is -2.49. The molecule has 1 fully saturated rings. The summed E-state index contributed by atoms with van der Waals surface area (Å²) in [5, 5.41) is 11.2. The Hall–Kier alpha value is -3.71. The van der Waals surface area contributed by atoms with Crippen LogP contribution in [0.3, 0.4) is 0 Å². The van der Waals surface area contributed by atoms with Gasteiger partial charge in [-0.3, -0.25) is 4.90 Å². The first-order chi connectivity index (χ1) is 17.5. The van der Waals surface area contributed by atoms with Crippen LogP contribution in [-0.4, -0.2) is 36.2 Å². The Morgan fingerprint density at radius 2 is 1.47 bits per heavy atom. The van der Waals surface area contributed by atoms with E-state index in [1.54, 1.807) is 48.5 Å². The predicted molar refractivity (Wildman–Crippen MR) is 133 cm³/mol. The van der Waals surface area contributed by atoms with Gasteiger partial charge in [-0.1, -0.05) is 12.5 Å². The summed E-state index contributed by atoms with van der Waals surface area (Å²) in [6, 6.07) is 17.1. The fourth-order valence-corrected chi connectivity index (χ4v) is 4.53. The van der Waals surface area contributed by atoms with Crippen molar-refractivity contribution in [1.29, 1.82) is 0 Å². The van der Waals surface area contributed by atoms with Gasteiger partial charge in [0.05, 0.1) is 0 Å². The molecule has 1 N–H and O–H groups in total. The topological polar surface area (TPSA) is 41.9 Å². The van der Waals surface area contributed by atoms with Crippen LogP contribution in [0.1, 0.15) is 19.3 Å². The molecule has 1 saturated heterocycles. The summed E-state index contributed by atoms with van der Waals surface area (Å²) in [7, 11) is 0. The van der Waals surface area contributed by atoms with Gasteiger partial charge in [-0.25, -0.2) is 13.2 Å². The standard InChI is InChI=1S/C29H26F3NO3/c30-26-17-20(18-27(31)28(26)32)25-10-4-19-16-21(34)5-11-24(19)29(25)36-23-8-6-22(7-9-23)35-15-14-33-12-2-1-3-13-33/h4-11,16-18,34H,1-3,12-15H2. The smallest absolute Gasteiger partial charge is 0.194 e. The summed E-state index contributed by atoms with van der Waals surface area (Å²) < 4.78 is 53.7.